The fraction of sp³-hybridized carbons (Fsp3) is 0.240. The van der Waals surface area contributed by atoms with Crippen LogP contribution in [0.15, 0.2) is 66.7 Å². The van der Waals surface area contributed by atoms with Gasteiger partial charge in [0.2, 0.25) is 0 Å². The zero-order valence-corrected chi connectivity index (χ0v) is 17.8. The molecule has 0 aliphatic heterocycles. The third-order valence-electron chi connectivity index (χ3n) is 4.88. The Kier molecular flexibility index (Phi) is 5.63. The van der Waals surface area contributed by atoms with Crippen molar-refractivity contribution < 1.29 is 4.79 Å². The van der Waals surface area contributed by atoms with Gasteiger partial charge in [-0.05, 0) is 61.0 Å². The van der Waals surface area contributed by atoms with Crippen molar-refractivity contribution in [1.29, 1.82) is 0 Å². The molecule has 27 heavy (non-hydrogen) atoms. The van der Waals surface area contributed by atoms with Gasteiger partial charge in [-0.1, -0.05) is 87.5 Å². The zero-order chi connectivity index (χ0) is 19.6. The molecule has 3 rings (SSSR count). The molecule has 1 atom stereocenters. The number of carbonyl (C=O) groups excluding carboxylic acids is 1. The van der Waals surface area contributed by atoms with E-state index in [4.69, 9.17) is 0 Å². The van der Waals surface area contributed by atoms with Crippen molar-refractivity contribution in [1.82, 2.24) is 0 Å². The van der Waals surface area contributed by atoms with Gasteiger partial charge in [0.25, 0.3) is 0 Å². The lowest BCUT2D eigenvalue weighted by atomic mass is 9.84. The van der Waals surface area contributed by atoms with Gasteiger partial charge in [-0.15, -0.1) is 0 Å². The molecule has 3 aromatic rings. The van der Waals surface area contributed by atoms with E-state index in [-0.39, 0.29) is 19.5 Å². The standard InChI is InChI=1S/C25H27OP/c1-17-15-21(25(3,4)5)16-18(2)23(17)24(26)27-22-13-11-20(12-14-22)19-9-7-6-8-10-19/h6-16,27H,1-5H3. The van der Waals surface area contributed by atoms with Crippen LogP contribution in [0, 0.1) is 13.8 Å². The van der Waals surface area contributed by atoms with Crippen LogP contribution in [0.25, 0.3) is 11.1 Å². The summed E-state index contributed by atoms with van der Waals surface area (Å²) in [5.74, 6) is 0. The molecular weight excluding hydrogens is 347 g/mol. The second-order valence-electron chi connectivity index (χ2n) is 8.13. The van der Waals surface area contributed by atoms with Crippen molar-refractivity contribution >= 4 is 19.4 Å². The first-order chi connectivity index (χ1) is 12.8. The maximum atomic E-state index is 13.0. The highest BCUT2D eigenvalue weighted by Gasteiger charge is 2.19. The summed E-state index contributed by atoms with van der Waals surface area (Å²) in [4.78, 5) is 13.0. The van der Waals surface area contributed by atoms with Crippen LogP contribution in [0.4, 0.5) is 0 Å². The number of aryl methyl sites for hydroxylation is 2. The van der Waals surface area contributed by atoms with Crippen molar-refractivity contribution in [3.63, 3.8) is 0 Å². The van der Waals surface area contributed by atoms with Crippen molar-refractivity contribution in [2.75, 3.05) is 0 Å². The highest BCUT2D eigenvalue weighted by Crippen LogP contribution is 2.30. The predicted molar refractivity (Wildman–Crippen MR) is 119 cm³/mol. The van der Waals surface area contributed by atoms with E-state index in [1.54, 1.807) is 0 Å². The number of hydrogen-bond acceptors (Lipinski definition) is 1. The minimum absolute atomic E-state index is 0.0899. The monoisotopic (exact) mass is 374 g/mol. The van der Waals surface area contributed by atoms with E-state index in [2.05, 4.69) is 83.1 Å². The molecule has 0 N–H and O–H groups in total. The Morgan fingerprint density at radius 2 is 1.30 bits per heavy atom. The van der Waals surface area contributed by atoms with Crippen LogP contribution in [0.5, 0.6) is 0 Å². The molecule has 138 valence electrons. The van der Waals surface area contributed by atoms with Crippen molar-refractivity contribution in [2.45, 2.75) is 40.0 Å². The molecule has 1 nitrogen and oxygen atoms in total. The van der Waals surface area contributed by atoms with Gasteiger partial charge in [0.1, 0.15) is 0 Å². The molecule has 0 saturated carbocycles. The highest BCUT2D eigenvalue weighted by atomic mass is 31.1. The summed E-state index contributed by atoms with van der Waals surface area (Å²) in [5, 5.41) is 1.08. The Balaban J connectivity index is 1.82. The fourth-order valence-electron chi connectivity index (χ4n) is 3.32. The van der Waals surface area contributed by atoms with Crippen LogP contribution < -0.4 is 5.30 Å². The molecule has 2 heteroatoms. The topological polar surface area (TPSA) is 17.1 Å². The molecule has 0 amide bonds. The number of benzene rings is 3. The van der Waals surface area contributed by atoms with E-state index >= 15 is 0 Å². The molecule has 0 heterocycles. The molecule has 0 spiro atoms. The Morgan fingerprint density at radius 1 is 0.778 bits per heavy atom. The third kappa shape index (κ3) is 4.54. The van der Waals surface area contributed by atoms with E-state index in [0.29, 0.717) is 0 Å². The average Bonchev–Trinajstić information content (AvgIpc) is 2.61. The Labute approximate surface area is 164 Å². The van der Waals surface area contributed by atoms with Crippen molar-refractivity contribution in [3.05, 3.63) is 89.0 Å². The van der Waals surface area contributed by atoms with Gasteiger partial charge in [0.15, 0.2) is 5.52 Å². The summed E-state index contributed by atoms with van der Waals surface area (Å²) in [6.45, 7) is 10.7. The predicted octanol–water partition coefficient (Wildman–Crippen LogP) is 6.41. The summed E-state index contributed by atoms with van der Waals surface area (Å²) in [6.07, 6.45) is 0. The molecule has 0 saturated heterocycles. The van der Waals surface area contributed by atoms with Gasteiger partial charge in [-0.2, -0.15) is 0 Å². The maximum absolute atomic E-state index is 13.0. The van der Waals surface area contributed by atoms with Crippen LogP contribution in [0.2, 0.25) is 0 Å². The van der Waals surface area contributed by atoms with Crippen LogP contribution in [0.1, 0.15) is 47.8 Å². The lowest BCUT2D eigenvalue weighted by Crippen LogP contribution is -2.13. The van der Waals surface area contributed by atoms with Crippen molar-refractivity contribution in [3.8, 4) is 11.1 Å². The summed E-state index contributed by atoms with van der Waals surface area (Å²) >= 11 is 0. The lowest BCUT2D eigenvalue weighted by Gasteiger charge is -2.22. The largest absolute Gasteiger partial charge is 0.289 e. The smallest absolute Gasteiger partial charge is 0.186 e. The molecule has 0 radical (unpaired) electrons. The Hall–Kier alpha value is -2.24. The van der Waals surface area contributed by atoms with E-state index in [1.807, 2.05) is 18.2 Å². The van der Waals surface area contributed by atoms with Gasteiger partial charge >= 0.3 is 0 Å². The SMILES string of the molecule is Cc1cc(C(C)(C)C)cc(C)c1C(=O)Pc1ccc(-c2ccccc2)cc1. The Morgan fingerprint density at radius 3 is 1.81 bits per heavy atom. The highest BCUT2D eigenvalue weighted by molar-refractivity contribution is 7.66. The van der Waals surface area contributed by atoms with Crippen LogP contribution in [-0.2, 0) is 5.41 Å². The summed E-state index contributed by atoms with van der Waals surface area (Å²) in [6, 6.07) is 23.0. The summed E-state index contributed by atoms with van der Waals surface area (Å²) in [5.41, 5.74) is 7.02. The van der Waals surface area contributed by atoms with E-state index in [9.17, 15) is 4.79 Å². The van der Waals surface area contributed by atoms with Gasteiger partial charge in [0.05, 0.1) is 0 Å². The second-order valence-corrected chi connectivity index (χ2v) is 9.41. The normalized spacial score (nSPS) is 11.9. The molecular formula is C25H27OP. The molecule has 0 aliphatic rings. The first kappa shape index (κ1) is 19.5. The second kappa shape index (κ2) is 7.79. The van der Waals surface area contributed by atoms with Crippen LogP contribution >= 0.6 is 8.58 Å². The van der Waals surface area contributed by atoms with E-state index in [1.165, 1.54) is 16.7 Å². The molecule has 0 fully saturated rings. The first-order valence-corrected chi connectivity index (χ1v) is 10.3. The Bertz CT molecular complexity index is 925. The van der Waals surface area contributed by atoms with E-state index < -0.39 is 0 Å². The lowest BCUT2D eigenvalue weighted by molar-refractivity contribution is 0.108. The fourth-order valence-corrected chi connectivity index (χ4v) is 4.44. The summed E-state index contributed by atoms with van der Waals surface area (Å²) < 4.78 is 0. The number of hydrogen-bond donors (Lipinski definition) is 0. The maximum Gasteiger partial charge on any atom is 0.186 e. The van der Waals surface area contributed by atoms with Gasteiger partial charge in [-0.3, -0.25) is 4.79 Å². The molecule has 0 aliphatic carbocycles. The van der Waals surface area contributed by atoms with Gasteiger partial charge in [0, 0.05) is 5.56 Å². The molecule has 0 bridgehead atoms. The average molecular weight is 374 g/mol. The van der Waals surface area contributed by atoms with Crippen LogP contribution in [0.3, 0.4) is 0 Å². The van der Waals surface area contributed by atoms with Crippen molar-refractivity contribution in [2.24, 2.45) is 0 Å². The van der Waals surface area contributed by atoms with E-state index in [0.717, 1.165) is 22.0 Å². The van der Waals surface area contributed by atoms with Gasteiger partial charge < -0.3 is 0 Å². The molecule has 0 aromatic heterocycles. The zero-order valence-electron chi connectivity index (χ0n) is 16.8. The van der Waals surface area contributed by atoms with Crippen LogP contribution in [-0.4, -0.2) is 5.52 Å². The first-order valence-electron chi connectivity index (χ1n) is 9.34. The van der Waals surface area contributed by atoms with Gasteiger partial charge in [-0.25, -0.2) is 0 Å². The number of rotatable bonds is 4. The quantitative estimate of drug-likeness (QED) is 0.482. The molecule has 1 unspecified atom stereocenters. The minimum Gasteiger partial charge on any atom is -0.289 e. The summed E-state index contributed by atoms with van der Waals surface area (Å²) in [7, 11) is 0.147. The number of carbonyl (C=O) groups is 1. The third-order valence-corrected chi connectivity index (χ3v) is 5.97. The molecule has 3 aromatic carbocycles. The minimum atomic E-state index is 0.0899.